The van der Waals surface area contributed by atoms with Crippen LogP contribution in [0.5, 0.6) is 0 Å². The topological polar surface area (TPSA) is 78.8 Å². The van der Waals surface area contributed by atoms with E-state index in [-0.39, 0.29) is 18.0 Å². The minimum Gasteiger partial charge on any atom is -0.272 e. The van der Waals surface area contributed by atoms with E-state index in [2.05, 4.69) is 10.5 Å². The Bertz CT molecular complexity index is 968. The maximum atomic E-state index is 13.2. The van der Waals surface area contributed by atoms with Gasteiger partial charge in [-0.05, 0) is 61.9 Å². The van der Waals surface area contributed by atoms with Crippen molar-refractivity contribution in [1.82, 2.24) is 9.73 Å². The molecule has 160 valence electrons. The lowest BCUT2D eigenvalue weighted by Crippen LogP contribution is -2.40. The highest BCUT2D eigenvalue weighted by Crippen LogP contribution is 2.19. The summed E-state index contributed by atoms with van der Waals surface area (Å²) in [6.07, 6.45) is 5.57. The highest BCUT2D eigenvalue weighted by Gasteiger charge is 2.26. The molecule has 1 aliphatic carbocycles. The number of carbonyl (C=O) groups is 1. The molecule has 0 aromatic heterocycles. The molecule has 0 saturated heterocycles. The molecule has 30 heavy (non-hydrogen) atoms. The van der Waals surface area contributed by atoms with Crippen LogP contribution in [0.25, 0.3) is 0 Å². The van der Waals surface area contributed by atoms with E-state index in [4.69, 9.17) is 11.6 Å². The summed E-state index contributed by atoms with van der Waals surface area (Å²) in [6, 6.07) is 15.5. The molecule has 8 heteroatoms. The lowest BCUT2D eigenvalue weighted by Gasteiger charge is -2.22. The molecule has 0 spiro atoms. The first-order chi connectivity index (χ1) is 14.4. The van der Waals surface area contributed by atoms with Crippen molar-refractivity contribution in [3.05, 3.63) is 65.2 Å². The molecule has 6 nitrogen and oxygen atoms in total. The Morgan fingerprint density at radius 2 is 1.67 bits per heavy atom. The molecule has 0 bridgehead atoms. The highest BCUT2D eigenvalue weighted by atomic mass is 35.5. The van der Waals surface area contributed by atoms with Crippen LogP contribution in [-0.2, 0) is 21.2 Å². The van der Waals surface area contributed by atoms with Gasteiger partial charge in [-0.1, -0.05) is 48.4 Å². The maximum absolute atomic E-state index is 13.2. The molecule has 1 aliphatic rings. The van der Waals surface area contributed by atoms with Gasteiger partial charge in [0.2, 0.25) is 10.0 Å². The van der Waals surface area contributed by atoms with E-state index < -0.39 is 15.9 Å². The molecule has 0 aliphatic heterocycles. The number of nitrogens with zero attached hydrogens (tertiary/aromatic N) is 2. The largest absolute Gasteiger partial charge is 0.272 e. The summed E-state index contributed by atoms with van der Waals surface area (Å²) < 4.78 is 27.5. The Kier molecular flexibility index (Phi) is 8.01. The van der Waals surface area contributed by atoms with E-state index in [9.17, 15) is 13.2 Å². The Morgan fingerprint density at radius 1 is 1.00 bits per heavy atom. The van der Waals surface area contributed by atoms with Gasteiger partial charge in [0.05, 0.1) is 11.4 Å². The normalized spacial score (nSPS) is 14.5. The molecule has 2 aromatic rings. The summed E-state index contributed by atoms with van der Waals surface area (Å²) in [5, 5.41) is 4.65. The molecular weight excluding hydrogens is 422 g/mol. The number of carbonyl (C=O) groups excluding carboxylic acids is 1. The zero-order chi connectivity index (χ0) is 21.4. The Morgan fingerprint density at radius 3 is 2.33 bits per heavy atom. The summed E-state index contributed by atoms with van der Waals surface area (Å²) in [4.78, 5) is 12.6. The fourth-order valence-corrected chi connectivity index (χ4v) is 4.87. The van der Waals surface area contributed by atoms with Crippen molar-refractivity contribution < 1.29 is 13.2 Å². The van der Waals surface area contributed by atoms with E-state index >= 15 is 0 Å². The van der Waals surface area contributed by atoms with Gasteiger partial charge in [-0.15, -0.1) is 0 Å². The molecule has 0 unspecified atom stereocenters. The van der Waals surface area contributed by atoms with Gasteiger partial charge in [-0.2, -0.15) is 9.41 Å². The van der Waals surface area contributed by atoms with Crippen molar-refractivity contribution in [3.8, 4) is 0 Å². The molecule has 1 amide bonds. The second-order valence-corrected chi connectivity index (χ2v) is 9.68. The number of amides is 1. The van der Waals surface area contributed by atoms with Crippen LogP contribution in [-0.4, -0.2) is 37.4 Å². The standard InChI is InChI=1S/C22H26ClN3O3S/c23-19-11-13-21(14-12-19)30(28,29)26(16-15-18-7-3-1-4-8-18)17-22(27)25-24-20-9-5-2-6-10-20/h1,3-4,7-8,11-14H,2,5-6,9-10,15-17H2,(H,25,27). The number of nitrogens with one attached hydrogen (secondary N) is 1. The fourth-order valence-electron chi connectivity index (χ4n) is 3.35. The number of hydrogen-bond acceptors (Lipinski definition) is 4. The second kappa shape index (κ2) is 10.7. The fraction of sp³-hybridized carbons (Fsp3) is 0.364. The predicted molar refractivity (Wildman–Crippen MR) is 119 cm³/mol. The molecule has 1 saturated carbocycles. The number of sulfonamides is 1. The second-order valence-electron chi connectivity index (χ2n) is 7.30. The van der Waals surface area contributed by atoms with Gasteiger partial charge >= 0.3 is 0 Å². The smallest absolute Gasteiger partial charge is 0.255 e. The zero-order valence-electron chi connectivity index (χ0n) is 16.8. The molecule has 2 aromatic carbocycles. The van der Waals surface area contributed by atoms with Crippen LogP contribution in [0, 0.1) is 0 Å². The van der Waals surface area contributed by atoms with Crippen molar-refractivity contribution in [2.75, 3.05) is 13.1 Å². The van der Waals surface area contributed by atoms with E-state index in [1.165, 1.54) is 35.0 Å². The number of hydrogen-bond donors (Lipinski definition) is 1. The highest BCUT2D eigenvalue weighted by molar-refractivity contribution is 7.89. The average Bonchev–Trinajstić information content (AvgIpc) is 2.77. The van der Waals surface area contributed by atoms with Crippen LogP contribution in [0.4, 0.5) is 0 Å². The number of hydrazone groups is 1. The minimum absolute atomic E-state index is 0.103. The zero-order valence-corrected chi connectivity index (χ0v) is 18.3. The quantitative estimate of drug-likeness (QED) is 0.621. The van der Waals surface area contributed by atoms with Crippen molar-refractivity contribution >= 4 is 33.2 Å². The Hall–Kier alpha value is -2.22. The summed E-state index contributed by atoms with van der Waals surface area (Å²) in [6.45, 7) is -0.118. The van der Waals surface area contributed by atoms with Gasteiger partial charge < -0.3 is 0 Å². The van der Waals surface area contributed by atoms with E-state index in [1.807, 2.05) is 30.3 Å². The van der Waals surface area contributed by atoms with Gasteiger partial charge in [0, 0.05) is 17.3 Å². The van der Waals surface area contributed by atoms with Crippen LogP contribution in [0.2, 0.25) is 5.02 Å². The summed E-state index contributed by atoms with van der Waals surface area (Å²) in [7, 11) is -3.86. The molecule has 1 N–H and O–H groups in total. The maximum Gasteiger partial charge on any atom is 0.255 e. The molecule has 0 heterocycles. The lowest BCUT2D eigenvalue weighted by atomic mass is 9.99. The van der Waals surface area contributed by atoms with Crippen molar-refractivity contribution in [2.45, 2.75) is 43.4 Å². The van der Waals surface area contributed by atoms with Gasteiger partial charge in [0.1, 0.15) is 0 Å². The van der Waals surface area contributed by atoms with E-state index in [0.717, 1.165) is 37.0 Å². The Balaban J connectivity index is 1.74. The number of halogens is 1. The van der Waals surface area contributed by atoms with Crippen LogP contribution in [0.1, 0.15) is 37.7 Å². The summed E-state index contributed by atoms with van der Waals surface area (Å²) in [5.74, 6) is -0.446. The Labute approximate surface area is 183 Å². The van der Waals surface area contributed by atoms with Crippen LogP contribution in [0.15, 0.2) is 64.6 Å². The molecular formula is C22H26ClN3O3S. The molecule has 3 rings (SSSR count). The third-order valence-electron chi connectivity index (χ3n) is 5.03. The first-order valence-electron chi connectivity index (χ1n) is 10.1. The van der Waals surface area contributed by atoms with Crippen molar-refractivity contribution in [3.63, 3.8) is 0 Å². The average molecular weight is 448 g/mol. The van der Waals surface area contributed by atoms with Gasteiger partial charge in [-0.25, -0.2) is 13.8 Å². The SMILES string of the molecule is O=C(CN(CCc1ccccc1)S(=O)(=O)c1ccc(Cl)cc1)NN=C1CCCCC1. The first-order valence-corrected chi connectivity index (χ1v) is 11.9. The predicted octanol–water partition coefficient (Wildman–Crippen LogP) is 4.01. The monoisotopic (exact) mass is 447 g/mol. The van der Waals surface area contributed by atoms with E-state index in [1.54, 1.807) is 0 Å². The van der Waals surface area contributed by atoms with Crippen LogP contribution < -0.4 is 5.43 Å². The molecule has 0 radical (unpaired) electrons. The van der Waals surface area contributed by atoms with E-state index in [0.29, 0.717) is 11.4 Å². The number of benzene rings is 2. The number of rotatable bonds is 8. The molecule has 0 atom stereocenters. The van der Waals surface area contributed by atoms with Crippen LogP contribution >= 0.6 is 11.6 Å². The lowest BCUT2D eigenvalue weighted by molar-refractivity contribution is -0.121. The summed E-state index contributed by atoms with van der Waals surface area (Å²) in [5.41, 5.74) is 4.50. The van der Waals surface area contributed by atoms with Gasteiger partial charge in [-0.3, -0.25) is 4.79 Å². The van der Waals surface area contributed by atoms with Crippen molar-refractivity contribution in [2.24, 2.45) is 5.10 Å². The van der Waals surface area contributed by atoms with Gasteiger partial charge in [0.25, 0.3) is 5.91 Å². The molecule has 1 fully saturated rings. The summed E-state index contributed by atoms with van der Waals surface area (Å²) >= 11 is 5.89. The van der Waals surface area contributed by atoms with Crippen molar-refractivity contribution in [1.29, 1.82) is 0 Å². The third kappa shape index (κ3) is 6.39. The third-order valence-corrected chi connectivity index (χ3v) is 7.14. The minimum atomic E-state index is -3.86. The van der Waals surface area contributed by atoms with Crippen LogP contribution in [0.3, 0.4) is 0 Å². The first kappa shape index (κ1) is 22.5. The van der Waals surface area contributed by atoms with Gasteiger partial charge in [0.15, 0.2) is 0 Å².